The van der Waals surface area contributed by atoms with Crippen molar-refractivity contribution in [3.05, 3.63) is 64.2 Å². The lowest BCUT2D eigenvalue weighted by Crippen LogP contribution is -2.23. The van der Waals surface area contributed by atoms with Crippen molar-refractivity contribution in [2.45, 2.75) is 12.8 Å². The first kappa shape index (κ1) is 21.0. The fourth-order valence-electron chi connectivity index (χ4n) is 3.03. The highest BCUT2D eigenvalue weighted by molar-refractivity contribution is 6.00. The number of carbonyl (C=O) groups is 2. The first-order valence-electron chi connectivity index (χ1n) is 9.30. The monoisotopic (exact) mass is 410 g/mol. The summed E-state index contributed by atoms with van der Waals surface area (Å²) in [5.74, 6) is 0.413. The van der Waals surface area contributed by atoms with Crippen molar-refractivity contribution in [1.82, 2.24) is 9.55 Å². The van der Waals surface area contributed by atoms with Crippen LogP contribution in [-0.2, 0) is 23.0 Å². The Bertz CT molecular complexity index is 1150. The normalized spacial score (nSPS) is 10.6. The molecule has 0 saturated heterocycles. The Hall–Kier alpha value is -3.68. The molecule has 2 aromatic carbocycles. The maximum absolute atomic E-state index is 12.4. The van der Waals surface area contributed by atoms with Gasteiger partial charge in [-0.2, -0.15) is 0 Å². The lowest BCUT2D eigenvalue weighted by molar-refractivity contribution is -0.142. The van der Waals surface area contributed by atoms with Crippen molar-refractivity contribution in [2.75, 3.05) is 20.8 Å². The Morgan fingerprint density at radius 2 is 1.83 bits per heavy atom. The predicted octanol–water partition coefficient (Wildman–Crippen LogP) is 2.31. The second-order valence-electron chi connectivity index (χ2n) is 6.56. The molecule has 1 heterocycles. The molecule has 0 unspecified atom stereocenters. The number of esters is 1. The van der Waals surface area contributed by atoms with Crippen LogP contribution in [0.4, 0.5) is 0 Å². The van der Waals surface area contributed by atoms with Crippen molar-refractivity contribution >= 4 is 22.7 Å². The smallest absolute Gasteiger partial charge is 0.306 e. The standard InChI is InChI=1S/C22H22N2O6/c1-24-20(23-17-7-5-4-6-15(17)22(24)27)10-11-21(26)30-13-18(25)16-9-8-14(28-2)12-19(16)29-3/h4-9,12H,10-11,13H2,1-3H3. The van der Waals surface area contributed by atoms with Crippen molar-refractivity contribution in [1.29, 1.82) is 0 Å². The van der Waals surface area contributed by atoms with Gasteiger partial charge in [-0.25, -0.2) is 4.98 Å². The van der Waals surface area contributed by atoms with Gasteiger partial charge in [0.25, 0.3) is 5.56 Å². The maximum Gasteiger partial charge on any atom is 0.306 e. The van der Waals surface area contributed by atoms with Gasteiger partial charge in [-0.3, -0.25) is 19.0 Å². The number of hydrogen-bond donors (Lipinski definition) is 0. The summed E-state index contributed by atoms with van der Waals surface area (Å²) in [6, 6.07) is 11.8. The minimum absolute atomic E-state index is 0.00829. The van der Waals surface area contributed by atoms with Gasteiger partial charge in [-0.15, -0.1) is 0 Å². The molecule has 3 rings (SSSR count). The molecule has 0 fully saturated rings. The number of nitrogens with zero attached hydrogens (tertiary/aromatic N) is 2. The molecule has 0 bridgehead atoms. The third-order valence-corrected chi connectivity index (χ3v) is 4.70. The molecule has 0 aliphatic heterocycles. The summed E-state index contributed by atoms with van der Waals surface area (Å²) in [4.78, 5) is 41.4. The van der Waals surface area contributed by atoms with Gasteiger partial charge in [0, 0.05) is 19.5 Å². The summed E-state index contributed by atoms with van der Waals surface area (Å²) in [7, 11) is 4.57. The highest BCUT2D eigenvalue weighted by atomic mass is 16.5. The molecule has 0 aliphatic carbocycles. The van der Waals surface area contributed by atoms with E-state index < -0.39 is 12.6 Å². The number of aromatic nitrogens is 2. The van der Waals surface area contributed by atoms with Crippen LogP contribution in [0.1, 0.15) is 22.6 Å². The largest absolute Gasteiger partial charge is 0.497 e. The molecule has 0 radical (unpaired) electrons. The first-order valence-corrected chi connectivity index (χ1v) is 9.30. The molecule has 0 atom stereocenters. The van der Waals surface area contributed by atoms with E-state index in [2.05, 4.69) is 4.98 Å². The summed E-state index contributed by atoms with van der Waals surface area (Å²) in [5.41, 5.74) is 0.696. The summed E-state index contributed by atoms with van der Waals surface area (Å²) >= 11 is 0. The van der Waals surface area contributed by atoms with Crippen molar-refractivity contribution < 1.29 is 23.8 Å². The van der Waals surface area contributed by atoms with E-state index >= 15 is 0 Å². The van der Waals surface area contributed by atoms with Gasteiger partial charge in [-0.05, 0) is 24.3 Å². The van der Waals surface area contributed by atoms with Crippen LogP contribution in [-0.4, -0.2) is 42.1 Å². The van der Waals surface area contributed by atoms with Crippen LogP contribution in [0, 0.1) is 0 Å². The van der Waals surface area contributed by atoms with Gasteiger partial charge < -0.3 is 14.2 Å². The second-order valence-corrected chi connectivity index (χ2v) is 6.56. The molecule has 8 heteroatoms. The molecular formula is C22H22N2O6. The Kier molecular flexibility index (Phi) is 6.46. The molecule has 0 spiro atoms. The number of rotatable bonds is 8. The molecule has 0 amide bonds. The third kappa shape index (κ3) is 4.48. The average molecular weight is 410 g/mol. The number of carbonyl (C=O) groups excluding carboxylic acids is 2. The minimum Gasteiger partial charge on any atom is -0.497 e. The molecule has 0 saturated carbocycles. The van der Waals surface area contributed by atoms with Gasteiger partial charge in [0.2, 0.25) is 5.78 Å². The summed E-state index contributed by atoms with van der Waals surface area (Å²) in [5, 5.41) is 0.519. The zero-order valence-corrected chi connectivity index (χ0v) is 17.0. The lowest BCUT2D eigenvalue weighted by atomic mass is 10.1. The fourth-order valence-corrected chi connectivity index (χ4v) is 3.03. The van der Waals surface area contributed by atoms with E-state index in [-0.39, 0.29) is 24.2 Å². The summed E-state index contributed by atoms with van der Waals surface area (Å²) in [6.45, 7) is -0.411. The van der Waals surface area contributed by atoms with Crippen molar-refractivity contribution in [2.24, 2.45) is 7.05 Å². The van der Waals surface area contributed by atoms with Crippen LogP contribution in [0.15, 0.2) is 47.3 Å². The lowest BCUT2D eigenvalue weighted by Gasteiger charge is -2.11. The number of hydrogen-bond acceptors (Lipinski definition) is 7. The van der Waals surface area contributed by atoms with E-state index in [1.165, 1.54) is 18.8 Å². The van der Waals surface area contributed by atoms with Gasteiger partial charge in [0.15, 0.2) is 6.61 Å². The van der Waals surface area contributed by atoms with Crippen LogP contribution in [0.2, 0.25) is 0 Å². The number of para-hydroxylation sites is 1. The third-order valence-electron chi connectivity index (χ3n) is 4.70. The zero-order chi connectivity index (χ0) is 21.7. The minimum atomic E-state index is -0.557. The van der Waals surface area contributed by atoms with E-state index in [9.17, 15) is 14.4 Å². The Morgan fingerprint density at radius 3 is 2.57 bits per heavy atom. The van der Waals surface area contributed by atoms with E-state index in [0.717, 1.165) is 0 Å². The number of aryl methyl sites for hydroxylation is 1. The Balaban J connectivity index is 1.62. The first-order chi connectivity index (χ1) is 14.4. The number of benzene rings is 2. The topological polar surface area (TPSA) is 96.7 Å². The van der Waals surface area contributed by atoms with E-state index in [1.807, 2.05) is 0 Å². The number of ketones is 1. The van der Waals surface area contributed by atoms with Gasteiger partial charge in [0.05, 0.1) is 37.1 Å². The zero-order valence-electron chi connectivity index (χ0n) is 17.0. The highest BCUT2D eigenvalue weighted by Crippen LogP contribution is 2.25. The SMILES string of the molecule is COc1ccc(C(=O)COC(=O)CCc2nc3ccccc3c(=O)n2C)c(OC)c1. The Labute approximate surface area is 173 Å². The Morgan fingerprint density at radius 1 is 1.07 bits per heavy atom. The van der Waals surface area contributed by atoms with Crippen molar-refractivity contribution in [3.63, 3.8) is 0 Å². The van der Waals surface area contributed by atoms with E-state index in [0.29, 0.717) is 33.8 Å². The summed E-state index contributed by atoms with van der Waals surface area (Å²) in [6.07, 6.45) is 0.209. The number of Topliss-reactive ketones (excluding diaryl/α,β-unsaturated/α-hetero) is 1. The number of methoxy groups -OCH3 is 2. The molecule has 8 nitrogen and oxygen atoms in total. The maximum atomic E-state index is 12.4. The molecule has 0 aliphatic rings. The molecule has 156 valence electrons. The van der Waals surface area contributed by atoms with Crippen LogP contribution in [0.5, 0.6) is 11.5 Å². The molecule has 30 heavy (non-hydrogen) atoms. The molecule has 0 N–H and O–H groups in total. The van der Waals surface area contributed by atoms with Crippen molar-refractivity contribution in [3.8, 4) is 11.5 Å². The predicted molar refractivity (Wildman–Crippen MR) is 110 cm³/mol. The summed E-state index contributed by atoms with van der Waals surface area (Å²) < 4.78 is 16.8. The van der Waals surface area contributed by atoms with Crippen LogP contribution in [0.25, 0.3) is 10.9 Å². The number of fused-ring (bicyclic) bond motifs is 1. The molecule has 3 aromatic rings. The van der Waals surface area contributed by atoms with Gasteiger partial charge >= 0.3 is 5.97 Å². The average Bonchev–Trinajstić information content (AvgIpc) is 2.78. The van der Waals surface area contributed by atoms with E-state index in [1.54, 1.807) is 49.5 Å². The van der Waals surface area contributed by atoms with Gasteiger partial charge in [0.1, 0.15) is 17.3 Å². The highest BCUT2D eigenvalue weighted by Gasteiger charge is 2.16. The van der Waals surface area contributed by atoms with Crippen LogP contribution >= 0.6 is 0 Å². The fraction of sp³-hybridized carbons (Fsp3) is 0.273. The van der Waals surface area contributed by atoms with E-state index in [4.69, 9.17) is 14.2 Å². The quantitative estimate of drug-likeness (QED) is 0.415. The van der Waals surface area contributed by atoms with Crippen LogP contribution < -0.4 is 15.0 Å². The number of ether oxygens (including phenoxy) is 3. The van der Waals surface area contributed by atoms with Gasteiger partial charge in [-0.1, -0.05) is 12.1 Å². The second kappa shape index (κ2) is 9.21. The molecule has 1 aromatic heterocycles. The van der Waals surface area contributed by atoms with Crippen LogP contribution in [0.3, 0.4) is 0 Å². The molecular weight excluding hydrogens is 388 g/mol.